The average Bonchev–Trinajstić information content (AvgIpc) is 2.41. The molecule has 0 radical (unpaired) electrons. The molecule has 0 fully saturated rings. The van der Waals surface area contributed by atoms with E-state index in [0.29, 0.717) is 13.1 Å². The van der Waals surface area contributed by atoms with Gasteiger partial charge in [0, 0.05) is 30.0 Å². The summed E-state index contributed by atoms with van der Waals surface area (Å²) in [6, 6.07) is 7.67. The SMILES string of the molecule is Cc1cnc(CNCC(O)c2cccc(Br)c2)cn1. The molecule has 0 aliphatic rings. The number of halogens is 1. The zero-order valence-corrected chi connectivity index (χ0v) is 12.3. The van der Waals surface area contributed by atoms with Crippen LogP contribution in [-0.4, -0.2) is 21.6 Å². The third-order valence-electron chi connectivity index (χ3n) is 2.71. The Kier molecular flexibility index (Phi) is 5.01. The van der Waals surface area contributed by atoms with E-state index in [4.69, 9.17) is 0 Å². The van der Waals surface area contributed by atoms with E-state index in [1.807, 2.05) is 31.2 Å². The molecule has 1 unspecified atom stereocenters. The van der Waals surface area contributed by atoms with Crippen molar-refractivity contribution in [2.24, 2.45) is 0 Å². The summed E-state index contributed by atoms with van der Waals surface area (Å²) in [5.41, 5.74) is 2.65. The topological polar surface area (TPSA) is 58.0 Å². The zero-order chi connectivity index (χ0) is 13.7. The highest BCUT2D eigenvalue weighted by molar-refractivity contribution is 9.10. The van der Waals surface area contributed by atoms with Crippen LogP contribution < -0.4 is 5.32 Å². The first-order valence-electron chi connectivity index (χ1n) is 6.07. The van der Waals surface area contributed by atoms with Crippen molar-refractivity contribution in [3.63, 3.8) is 0 Å². The smallest absolute Gasteiger partial charge is 0.0914 e. The van der Waals surface area contributed by atoms with Crippen molar-refractivity contribution in [3.8, 4) is 0 Å². The summed E-state index contributed by atoms with van der Waals surface area (Å²) in [5, 5.41) is 13.2. The van der Waals surface area contributed by atoms with Gasteiger partial charge >= 0.3 is 0 Å². The maximum Gasteiger partial charge on any atom is 0.0914 e. The monoisotopic (exact) mass is 321 g/mol. The predicted octanol–water partition coefficient (Wildman–Crippen LogP) is 2.37. The van der Waals surface area contributed by atoms with Gasteiger partial charge in [-0.2, -0.15) is 0 Å². The highest BCUT2D eigenvalue weighted by atomic mass is 79.9. The van der Waals surface area contributed by atoms with Crippen molar-refractivity contribution in [1.82, 2.24) is 15.3 Å². The molecule has 1 heterocycles. The first kappa shape index (κ1) is 14.1. The van der Waals surface area contributed by atoms with Crippen LogP contribution in [-0.2, 0) is 6.54 Å². The fourth-order valence-corrected chi connectivity index (χ4v) is 2.10. The van der Waals surface area contributed by atoms with Gasteiger partial charge in [-0.25, -0.2) is 0 Å². The van der Waals surface area contributed by atoms with E-state index in [-0.39, 0.29) is 0 Å². The number of aliphatic hydroxyl groups excluding tert-OH is 1. The number of aromatic nitrogens is 2. The lowest BCUT2D eigenvalue weighted by Gasteiger charge is -2.12. The summed E-state index contributed by atoms with van der Waals surface area (Å²) in [6.07, 6.45) is 2.95. The Morgan fingerprint density at radius 2 is 2.16 bits per heavy atom. The number of benzene rings is 1. The van der Waals surface area contributed by atoms with Gasteiger partial charge in [0.25, 0.3) is 0 Å². The largest absolute Gasteiger partial charge is 0.387 e. The van der Waals surface area contributed by atoms with Crippen LogP contribution in [0.5, 0.6) is 0 Å². The van der Waals surface area contributed by atoms with Gasteiger partial charge in [-0.05, 0) is 24.6 Å². The molecule has 19 heavy (non-hydrogen) atoms. The van der Waals surface area contributed by atoms with E-state index < -0.39 is 6.10 Å². The van der Waals surface area contributed by atoms with Crippen LogP contribution in [0, 0.1) is 6.92 Å². The number of aryl methyl sites for hydroxylation is 1. The van der Waals surface area contributed by atoms with Crippen molar-refractivity contribution < 1.29 is 5.11 Å². The first-order valence-corrected chi connectivity index (χ1v) is 6.86. The molecule has 1 atom stereocenters. The van der Waals surface area contributed by atoms with Gasteiger partial charge in [0.2, 0.25) is 0 Å². The molecule has 100 valence electrons. The van der Waals surface area contributed by atoms with E-state index in [0.717, 1.165) is 21.4 Å². The Labute approximate surface area is 121 Å². The molecule has 0 amide bonds. The third-order valence-corrected chi connectivity index (χ3v) is 3.20. The highest BCUT2D eigenvalue weighted by Gasteiger charge is 2.07. The predicted molar refractivity (Wildman–Crippen MR) is 77.6 cm³/mol. The maximum atomic E-state index is 10.0. The summed E-state index contributed by atoms with van der Waals surface area (Å²) in [4.78, 5) is 8.42. The Hall–Kier alpha value is -1.30. The molecule has 0 aliphatic carbocycles. The summed E-state index contributed by atoms with van der Waals surface area (Å²) in [5.74, 6) is 0. The second-order valence-electron chi connectivity index (χ2n) is 4.35. The molecule has 0 aliphatic heterocycles. The van der Waals surface area contributed by atoms with E-state index in [1.165, 1.54) is 0 Å². The average molecular weight is 322 g/mol. The van der Waals surface area contributed by atoms with E-state index in [9.17, 15) is 5.11 Å². The van der Waals surface area contributed by atoms with E-state index in [1.54, 1.807) is 12.4 Å². The minimum absolute atomic E-state index is 0.478. The van der Waals surface area contributed by atoms with E-state index >= 15 is 0 Å². The van der Waals surface area contributed by atoms with Gasteiger partial charge in [-0.1, -0.05) is 28.1 Å². The van der Waals surface area contributed by atoms with Crippen molar-refractivity contribution >= 4 is 15.9 Å². The van der Waals surface area contributed by atoms with Crippen molar-refractivity contribution in [3.05, 3.63) is 58.1 Å². The molecule has 1 aromatic heterocycles. The lowest BCUT2D eigenvalue weighted by atomic mass is 10.1. The Balaban J connectivity index is 1.84. The first-order chi connectivity index (χ1) is 9.15. The number of aliphatic hydroxyl groups is 1. The van der Waals surface area contributed by atoms with Crippen LogP contribution in [0.1, 0.15) is 23.1 Å². The molecular formula is C14H16BrN3O. The summed E-state index contributed by atoms with van der Waals surface area (Å²) in [7, 11) is 0. The van der Waals surface area contributed by atoms with Crippen molar-refractivity contribution in [2.45, 2.75) is 19.6 Å². The lowest BCUT2D eigenvalue weighted by molar-refractivity contribution is 0.174. The quantitative estimate of drug-likeness (QED) is 0.887. The van der Waals surface area contributed by atoms with Crippen LogP contribution in [0.2, 0.25) is 0 Å². The second kappa shape index (κ2) is 6.75. The van der Waals surface area contributed by atoms with E-state index in [2.05, 4.69) is 31.2 Å². The molecule has 5 heteroatoms. The van der Waals surface area contributed by atoms with Crippen molar-refractivity contribution in [2.75, 3.05) is 6.54 Å². The van der Waals surface area contributed by atoms with Crippen LogP contribution in [0.25, 0.3) is 0 Å². The molecule has 0 bridgehead atoms. The number of hydrogen-bond acceptors (Lipinski definition) is 4. The van der Waals surface area contributed by atoms with Crippen LogP contribution in [0.3, 0.4) is 0 Å². The number of nitrogens with one attached hydrogen (secondary N) is 1. The normalized spacial score (nSPS) is 12.4. The molecule has 0 saturated heterocycles. The van der Waals surface area contributed by atoms with Gasteiger partial charge in [-0.15, -0.1) is 0 Å². The third kappa shape index (κ3) is 4.38. The molecule has 0 spiro atoms. The van der Waals surface area contributed by atoms with Crippen LogP contribution >= 0.6 is 15.9 Å². The molecule has 2 N–H and O–H groups in total. The van der Waals surface area contributed by atoms with Gasteiger partial charge < -0.3 is 10.4 Å². The second-order valence-corrected chi connectivity index (χ2v) is 5.27. The summed E-state index contributed by atoms with van der Waals surface area (Å²) in [6.45, 7) is 2.98. The van der Waals surface area contributed by atoms with Crippen LogP contribution in [0.15, 0.2) is 41.1 Å². The van der Waals surface area contributed by atoms with Gasteiger partial charge in [0.15, 0.2) is 0 Å². The highest BCUT2D eigenvalue weighted by Crippen LogP contribution is 2.17. The summed E-state index contributed by atoms with van der Waals surface area (Å²) >= 11 is 3.39. The number of hydrogen-bond donors (Lipinski definition) is 2. The lowest BCUT2D eigenvalue weighted by Crippen LogP contribution is -2.21. The van der Waals surface area contributed by atoms with Gasteiger partial charge in [0.1, 0.15) is 0 Å². The standard InChI is InChI=1S/C14H16BrN3O/c1-10-6-18-13(8-17-10)7-16-9-14(19)11-3-2-4-12(15)5-11/h2-6,8,14,16,19H,7,9H2,1H3. The number of nitrogens with zero attached hydrogens (tertiary/aromatic N) is 2. The minimum Gasteiger partial charge on any atom is -0.387 e. The van der Waals surface area contributed by atoms with Gasteiger partial charge in [-0.3, -0.25) is 9.97 Å². The minimum atomic E-state index is -0.532. The zero-order valence-electron chi connectivity index (χ0n) is 10.7. The Bertz CT molecular complexity index is 530. The van der Waals surface area contributed by atoms with Gasteiger partial charge in [0.05, 0.1) is 17.5 Å². The molecule has 2 aromatic rings. The Morgan fingerprint density at radius 3 is 2.84 bits per heavy atom. The van der Waals surface area contributed by atoms with Crippen LogP contribution in [0.4, 0.5) is 0 Å². The Morgan fingerprint density at radius 1 is 1.32 bits per heavy atom. The molecule has 2 rings (SSSR count). The number of rotatable bonds is 5. The maximum absolute atomic E-state index is 10.0. The molecular weight excluding hydrogens is 306 g/mol. The molecule has 1 aromatic carbocycles. The van der Waals surface area contributed by atoms with Crippen molar-refractivity contribution in [1.29, 1.82) is 0 Å². The molecule has 4 nitrogen and oxygen atoms in total. The fourth-order valence-electron chi connectivity index (χ4n) is 1.68. The summed E-state index contributed by atoms with van der Waals surface area (Å²) < 4.78 is 0.966. The molecule has 0 saturated carbocycles. The fraction of sp³-hybridized carbons (Fsp3) is 0.286.